The number of hydrogen-bond donors (Lipinski definition) is 2. The van der Waals surface area contributed by atoms with Crippen LogP contribution in [-0.2, 0) is 5.60 Å². The highest BCUT2D eigenvalue weighted by Crippen LogP contribution is 2.40. The maximum Gasteiger partial charge on any atom is 0.421 e. The predicted octanol–water partition coefficient (Wildman–Crippen LogP) is 2.63. The number of aliphatic hydroxyl groups is 1. The Morgan fingerprint density at radius 1 is 1.25 bits per heavy atom. The van der Waals surface area contributed by atoms with Gasteiger partial charge < -0.3 is 15.3 Å². The summed E-state index contributed by atoms with van der Waals surface area (Å²) in [4.78, 5) is 2.09. The van der Waals surface area contributed by atoms with E-state index in [4.69, 9.17) is 0 Å². The molecule has 0 radical (unpaired) electrons. The largest absolute Gasteiger partial charge is 0.421 e. The normalized spacial score (nSPS) is 19.8. The maximum atomic E-state index is 12.8. The minimum Gasteiger partial charge on any atom is -0.376 e. The zero-order valence-corrected chi connectivity index (χ0v) is 12.6. The molecule has 1 aromatic rings. The van der Waals surface area contributed by atoms with Gasteiger partial charge in [0.25, 0.3) is 0 Å². The van der Waals surface area contributed by atoms with E-state index in [1.807, 2.05) is 0 Å². The molecule has 1 heterocycles. The van der Waals surface area contributed by atoms with Crippen LogP contribution in [-0.4, -0.2) is 37.5 Å². The van der Waals surface area contributed by atoms with Crippen LogP contribution in [0.15, 0.2) is 22.7 Å². The number of alkyl halides is 3. The Morgan fingerprint density at radius 3 is 2.35 bits per heavy atom. The number of nitrogens with zero attached hydrogens (tertiary/aromatic N) is 1. The molecule has 0 amide bonds. The smallest absolute Gasteiger partial charge is 0.376 e. The van der Waals surface area contributed by atoms with Crippen molar-refractivity contribution in [1.29, 1.82) is 0 Å². The van der Waals surface area contributed by atoms with Crippen molar-refractivity contribution in [2.75, 3.05) is 31.1 Å². The molecule has 7 heteroatoms. The molecular weight excluding hydrogens is 337 g/mol. The lowest BCUT2D eigenvalue weighted by Gasteiger charge is -2.32. The first kappa shape index (κ1) is 15.6. The van der Waals surface area contributed by atoms with Gasteiger partial charge in [0, 0.05) is 30.7 Å². The Hall–Kier alpha value is -0.790. The number of rotatable bonds is 2. The fourth-order valence-corrected chi connectivity index (χ4v) is 2.77. The summed E-state index contributed by atoms with van der Waals surface area (Å²) in [6, 6.07) is 4.28. The summed E-state index contributed by atoms with van der Waals surface area (Å²) in [5.74, 6) is 0. The molecule has 2 rings (SSSR count). The molecule has 1 saturated heterocycles. The Balaban J connectivity index is 2.30. The second kappa shape index (κ2) is 5.54. The zero-order chi connectivity index (χ0) is 15.0. The molecule has 1 unspecified atom stereocenters. The number of nitrogens with one attached hydrogen (secondary N) is 1. The Labute approximate surface area is 123 Å². The molecule has 0 bridgehead atoms. The maximum absolute atomic E-state index is 12.8. The number of halogens is 4. The second-order valence-electron chi connectivity index (χ2n) is 4.97. The molecule has 0 saturated carbocycles. The molecule has 1 aliphatic rings. The van der Waals surface area contributed by atoms with Crippen molar-refractivity contribution in [2.24, 2.45) is 0 Å². The van der Waals surface area contributed by atoms with E-state index in [-0.39, 0.29) is 5.56 Å². The number of anilines is 1. The first-order valence-electron chi connectivity index (χ1n) is 6.28. The number of piperazine rings is 1. The zero-order valence-electron chi connectivity index (χ0n) is 11.0. The highest BCUT2D eigenvalue weighted by Gasteiger charge is 2.51. The van der Waals surface area contributed by atoms with Crippen LogP contribution < -0.4 is 10.2 Å². The number of hydrogen-bond acceptors (Lipinski definition) is 3. The van der Waals surface area contributed by atoms with Crippen LogP contribution in [0.5, 0.6) is 0 Å². The second-order valence-corrected chi connectivity index (χ2v) is 5.83. The average Bonchev–Trinajstić information content (AvgIpc) is 2.38. The molecule has 112 valence electrons. The lowest BCUT2D eigenvalue weighted by atomic mass is 9.95. The van der Waals surface area contributed by atoms with Crippen molar-refractivity contribution in [2.45, 2.75) is 18.7 Å². The third kappa shape index (κ3) is 2.94. The minimum atomic E-state index is -4.71. The summed E-state index contributed by atoms with van der Waals surface area (Å²) in [7, 11) is 0. The summed E-state index contributed by atoms with van der Waals surface area (Å²) in [6.45, 7) is 4.05. The highest BCUT2D eigenvalue weighted by atomic mass is 79.9. The van der Waals surface area contributed by atoms with Gasteiger partial charge in [-0.25, -0.2) is 0 Å². The first-order valence-corrected chi connectivity index (χ1v) is 7.07. The molecule has 20 heavy (non-hydrogen) atoms. The molecule has 0 aliphatic carbocycles. The molecule has 0 spiro atoms. The van der Waals surface area contributed by atoms with Gasteiger partial charge >= 0.3 is 6.18 Å². The van der Waals surface area contributed by atoms with Gasteiger partial charge in [-0.1, -0.05) is 6.07 Å². The van der Waals surface area contributed by atoms with Crippen molar-refractivity contribution in [3.63, 3.8) is 0 Å². The van der Waals surface area contributed by atoms with Crippen molar-refractivity contribution in [3.05, 3.63) is 28.2 Å². The Morgan fingerprint density at radius 2 is 1.85 bits per heavy atom. The van der Waals surface area contributed by atoms with E-state index in [1.54, 1.807) is 6.07 Å². The topological polar surface area (TPSA) is 35.5 Å². The van der Waals surface area contributed by atoms with Crippen LogP contribution in [0, 0.1) is 0 Å². The summed E-state index contributed by atoms with van der Waals surface area (Å²) in [5.41, 5.74) is -2.18. The molecule has 3 nitrogen and oxygen atoms in total. The summed E-state index contributed by atoms with van der Waals surface area (Å²) in [5, 5.41) is 12.9. The van der Waals surface area contributed by atoms with E-state index < -0.39 is 11.8 Å². The van der Waals surface area contributed by atoms with Gasteiger partial charge in [0.15, 0.2) is 5.60 Å². The Bertz CT molecular complexity index is 485. The standard InChI is InChI=1S/C13H16BrF3N2O/c1-12(20,13(15,16)17)9-2-3-11(10(14)8-9)19-6-4-18-5-7-19/h2-3,8,18,20H,4-7H2,1H3. The van der Waals surface area contributed by atoms with E-state index in [1.165, 1.54) is 12.1 Å². The summed E-state index contributed by atoms with van der Waals surface area (Å²) in [6.07, 6.45) is -4.71. The molecule has 2 N–H and O–H groups in total. The first-order chi connectivity index (χ1) is 9.23. The highest BCUT2D eigenvalue weighted by molar-refractivity contribution is 9.10. The van der Waals surface area contributed by atoms with E-state index in [2.05, 4.69) is 26.1 Å². The fraction of sp³-hybridized carbons (Fsp3) is 0.538. The third-order valence-electron chi connectivity index (χ3n) is 3.52. The molecule has 1 aliphatic heterocycles. The van der Waals surface area contributed by atoms with Gasteiger partial charge in [0.2, 0.25) is 0 Å². The van der Waals surface area contributed by atoms with Gasteiger partial charge in [-0.15, -0.1) is 0 Å². The third-order valence-corrected chi connectivity index (χ3v) is 4.15. The number of benzene rings is 1. The van der Waals surface area contributed by atoms with Crippen molar-refractivity contribution < 1.29 is 18.3 Å². The molecular formula is C13H16BrF3N2O. The summed E-state index contributed by atoms with van der Waals surface area (Å²) >= 11 is 3.30. The van der Waals surface area contributed by atoms with Crippen molar-refractivity contribution in [1.82, 2.24) is 5.32 Å². The van der Waals surface area contributed by atoms with Crippen LogP contribution in [0.3, 0.4) is 0 Å². The van der Waals surface area contributed by atoms with Crippen molar-refractivity contribution >= 4 is 21.6 Å². The van der Waals surface area contributed by atoms with Gasteiger partial charge in [-0.3, -0.25) is 0 Å². The quantitative estimate of drug-likeness (QED) is 0.858. The SMILES string of the molecule is CC(O)(c1ccc(N2CCNCC2)c(Br)c1)C(F)(F)F. The van der Waals surface area contributed by atoms with E-state index in [0.29, 0.717) is 4.47 Å². The molecule has 1 aromatic carbocycles. The van der Waals surface area contributed by atoms with Gasteiger partial charge in [0.1, 0.15) is 0 Å². The lowest BCUT2D eigenvalue weighted by Crippen LogP contribution is -2.43. The van der Waals surface area contributed by atoms with Gasteiger partial charge in [-0.2, -0.15) is 13.2 Å². The van der Waals surface area contributed by atoms with Gasteiger partial charge in [-0.05, 0) is 40.5 Å². The van der Waals surface area contributed by atoms with Crippen LogP contribution in [0.4, 0.5) is 18.9 Å². The summed E-state index contributed by atoms with van der Waals surface area (Å²) < 4.78 is 39.0. The van der Waals surface area contributed by atoms with Gasteiger partial charge in [0.05, 0.1) is 5.69 Å². The van der Waals surface area contributed by atoms with E-state index in [9.17, 15) is 18.3 Å². The van der Waals surface area contributed by atoms with E-state index in [0.717, 1.165) is 38.8 Å². The van der Waals surface area contributed by atoms with Crippen LogP contribution in [0.1, 0.15) is 12.5 Å². The molecule has 0 aromatic heterocycles. The molecule has 1 fully saturated rings. The molecule has 1 atom stereocenters. The predicted molar refractivity (Wildman–Crippen MR) is 74.9 cm³/mol. The fourth-order valence-electron chi connectivity index (χ4n) is 2.14. The lowest BCUT2D eigenvalue weighted by molar-refractivity contribution is -0.258. The van der Waals surface area contributed by atoms with Crippen LogP contribution in [0.25, 0.3) is 0 Å². The average molecular weight is 353 g/mol. The van der Waals surface area contributed by atoms with Crippen LogP contribution in [0.2, 0.25) is 0 Å². The Kier molecular flexibility index (Phi) is 4.32. The monoisotopic (exact) mass is 352 g/mol. The van der Waals surface area contributed by atoms with Crippen LogP contribution >= 0.6 is 15.9 Å². The van der Waals surface area contributed by atoms with Crippen molar-refractivity contribution in [3.8, 4) is 0 Å². The minimum absolute atomic E-state index is 0.171. The van der Waals surface area contributed by atoms with E-state index >= 15 is 0 Å².